The molecule has 0 aromatic carbocycles. The number of hydrogen-bond donors (Lipinski definition) is 0. The molecule has 0 heterocycles. The molecule has 0 atom stereocenters. The summed E-state index contributed by atoms with van der Waals surface area (Å²) < 4.78 is 17.9. The summed E-state index contributed by atoms with van der Waals surface area (Å²) in [6.45, 7) is 7.03. The molecule has 26 heavy (non-hydrogen) atoms. The van der Waals surface area contributed by atoms with Crippen LogP contribution in [0.25, 0.3) is 0 Å². The highest BCUT2D eigenvalue weighted by Gasteiger charge is 2.41. The largest absolute Gasteiger partial charge is 0.464 e. The first kappa shape index (κ1) is 24.8. The van der Waals surface area contributed by atoms with E-state index in [0.717, 1.165) is 0 Å². The topological polar surface area (TPSA) is 105 Å². The van der Waals surface area contributed by atoms with Crippen LogP contribution in [0.5, 0.6) is 0 Å². The number of carbonyl (C=O) groups is 4. The summed E-state index contributed by atoms with van der Waals surface area (Å²) in [5.41, 5.74) is -1.43. The molecule has 0 radical (unpaired) electrons. The maximum atomic E-state index is 12.4. The Labute approximate surface area is 169 Å². The Hall–Kier alpha value is -1.16. The van der Waals surface area contributed by atoms with Gasteiger partial charge in [-0.1, -0.05) is 31.9 Å². The summed E-state index contributed by atoms with van der Waals surface area (Å²) >= 11 is 6.33. The Morgan fingerprint density at radius 1 is 0.769 bits per heavy atom. The van der Waals surface area contributed by atoms with E-state index < -0.39 is 32.0 Å². The highest BCUT2D eigenvalue weighted by Crippen LogP contribution is 2.25. The molecule has 150 valence electrons. The third kappa shape index (κ3) is 8.98. The third-order valence-electron chi connectivity index (χ3n) is 3.01. The molecule has 0 aliphatic heterocycles. The molecular formula is C16H24Br2O8. The Morgan fingerprint density at radius 2 is 1.19 bits per heavy atom. The molecule has 0 saturated carbocycles. The monoisotopic (exact) mass is 502 g/mol. The molecule has 0 spiro atoms. The second-order valence-corrected chi connectivity index (χ2v) is 10.7. The van der Waals surface area contributed by atoms with Crippen LogP contribution in [0.3, 0.4) is 0 Å². The number of esters is 3. The van der Waals surface area contributed by atoms with Crippen LogP contribution in [0.1, 0.15) is 34.6 Å². The quantitative estimate of drug-likeness (QED) is 0.139. The molecule has 10 heteroatoms. The van der Waals surface area contributed by atoms with Gasteiger partial charge in [0.05, 0.1) is 0 Å². The van der Waals surface area contributed by atoms with Crippen LogP contribution in [0.4, 0.5) is 0 Å². The first-order valence-corrected chi connectivity index (χ1v) is 9.27. The Balaban J connectivity index is 5.05. The molecule has 0 bridgehead atoms. The molecule has 0 aromatic rings. The van der Waals surface area contributed by atoms with Crippen molar-refractivity contribution < 1.29 is 38.1 Å². The number of hydrogen-bond acceptors (Lipinski definition) is 8. The molecular weight excluding hydrogens is 480 g/mol. The van der Waals surface area contributed by atoms with Gasteiger partial charge >= 0.3 is 17.9 Å². The van der Waals surface area contributed by atoms with Crippen molar-refractivity contribution >= 4 is 56.2 Å². The van der Waals surface area contributed by atoms with Crippen molar-refractivity contribution in [2.75, 3.05) is 26.4 Å². The molecule has 0 N–H and O–H groups in total. The van der Waals surface area contributed by atoms with E-state index in [1.807, 2.05) is 0 Å². The van der Waals surface area contributed by atoms with Gasteiger partial charge in [0.1, 0.15) is 40.5 Å². The highest BCUT2D eigenvalue weighted by atomic mass is 79.9. The van der Waals surface area contributed by atoms with E-state index in [4.69, 9.17) is 14.2 Å². The predicted octanol–water partition coefficient (Wildman–Crippen LogP) is 2.14. The first-order valence-electron chi connectivity index (χ1n) is 7.69. The number of halogens is 2. The summed E-state index contributed by atoms with van der Waals surface area (Å²) in [5.74, 6) is -1.94. The lowest BCUT2D eigenvalue weighted by Gasteiger charge is -2.28. The maximum Gasteiger partial charge on any atom is 0.322 e. The van der Waals surface area contributed by atoms with Crippen LogP contribution >= 0.6 is 31.9 Å². The van der Waals surface area contributed by atoms with Gasteiger partial charge in [0.15, 0.2) is 0 Å². The maximum absolute atomic E-state index is 12.4. The van der Waals surface area contributed by atoms with Crippen molar-refractivity contribution in [2.45, 2.75) is 43.3 Å². The molecule has 0 unspecified atom stereocenters. The summed E-state index contributed by atoms with van der Waals surface area (Å²) in [6.07, 6.45) is 0. The fraction of sp³-hybridized carbons (Fsp3) is 0.750. The van der Waals surface area contributed by atoms with Gasteiger partial charge in [0.2, 0.25) is 0 Å². The van der Waals surface area contributed by atoms with Crippen molar-refractivity contribution in [3.05, 3.63) is 0 Å². The van der Waals surface area contributed by atoms with E-state index in [-0.39, 0.29) is 32.9 Å². The molecule has 0 rings (SSSR count). The fourth-order valence-electron chi connectivity index (χ4n) is 1.36. The standard InChI is InChI=1S/C16H24Br2O8/c1-14(2,17)11(20)25-8-16(5,9-26-12(21)15(3,4)18)13(22)24-7-6-23-10-19/h10H,6-9H2,1-5H3. The van der Waals surface area contributed by atoms with E-state index in [9.17, 15) is 19.2 Å². The van der Waals surface area contributed by atoms with Crippen molar-refractivity contribution in [3.8, 4) is 0 Å². The van der Waals surface area contributed by atoms with Gasteiger partial charge in [-0.05, 0) is 34.6 Å². The minimum absolute atomic E-state index is 0.117. The average Bonchev–Trinajstić information content (AvgIpc) is 2.52. The van der Waals surface area contributed by atoms with Gasteiger partial charge in [-0.15, -0.1) is 0 Å². The molecule has 0 aliphatic carbocycles. The zero-order valence-electron chi connectivity index (χ0n) is 15.4. The van der Waals surface area contributed by atoms with Gasteiger partial charge in [0.25, 0.3) is 6.47 Å². The number of carbonyl (C=O) groups excluding carboxylic acids is 4. The normalized spacial score (nSPS) is 12.1. The van der Waals surface area contributed by atoms with Gasteiger partial charge in [0, 0.05) is 0 Å². The summed E-state index contributed by atoms with van der Waals surface area (Å²) in [4.78, 5) is 46.4. The van der Waals surface area contributed by atoms with Crippen LogP contribution in [-0.2, 0) is 38.1 Å². The molecule has 0 fully saturated rings. The summed E-state index contributed by atoms with van der Waals surface area (Å²) in [6, 6.07) is 0. The molecule has 0 saturated heterocycles. The zero-order valence-corrected chi connectivity index (χ0v) is 18.6. The second kappa shape index (κ2) is 10.2. The van der Waals surface area contributed by atoms with Crippen molar-refractivity contribution in [1.29, 1.82) is 0 Å². The predicted molar refractivity (Wildman–Crippen MR) is 99.0 cm³/mol. The van der Waals surface area contributed by atoms with Gasteiger partial charge in [-0.3, -0.25) is 19.2 Å². The average molecular weight is 504 g/mol. The number of alkyl halides is 2. The molecule has 0 amide bonds. The van der Waals surface area contributed by atoms with Crippen LogP contribution in [0.15, 0.2) is 0 Å². The fourth-order valence-corrected chi connectivity index (χ4v) is 1.59. The zero-order chi connectivity index (χ0) is 20.6. The summed E-state index contributed by atoms with van der Waals surface area (Å²) in [7, 11) is 0. The van der Waals surface area contributed by atoms with Gasteiger partial charge in [-0.2, -0.15) is 0 Å². The SMILES string of the molecule is CC(C)(Br)C(=O)OCC(C)(COC(=O)C(C)(C)Br)C(=O)OCCOC=O. The van der Waals surface area contributed by atoms with Crippen LogP contribution in [0, 0.1) is 5.41 Å². The molecule has 0 aliphatic rings. The van der Waals surface area contributed by atoms with E-state index in [1.54, 1.807) is 27.7 Å². The van der Waals surface area contributed by atoms with Crippen molar-refractivity contribution in [3.63, 3.8) is 0 Å². The highest BCUT2D eigenvalue weighted by molar-refractivity contribution is 9.10. The lowest BCUT2D eigenvalue weighted by atomic mass is 9.93. The van der Waals surface area contributed by atoms with Crippen molar-refractivity contribution in [1.82, 2.24) is 0 Å². The lowest BCUT2D eigenvalue weighted by Crippen LogP contribution is -2.43. The lowest BCUT2D eigenvalue weighted by molar-refractivity contribution is -0.172. The Morgan fingerprint density at radius 3 is 1.54 bits per heavy atom. The second-order valence-electron chi connectivity index (χ2n) is 6.76. The molecule has 8 nitrogen and oxygen atoms in total. The van der Waals surface area contributed by atoms with Crippen LogP contribution in [0.2, 0.25) is 0 Å². The van der Waals surface area contributed by atoms with Crippen molar-refractivity contribution in [2.24, 2.45) is 5.41 Å². The van der Waals surface area contributed by atoms with Crippen LogP contribution < -0.4 is 0 Å². The van der Waals surface area contributed by atoms with E-state index >= 15 is 0 Å². The molecule has 0 aromatic heterocycles. The Bertz CT molecular complexity index is 489. The third-order valence-corrected chi connectivity index (χ3v) is 3.66. The smallest absolute Gasteiger partial charge is 0.322 e. The van der Waals surface area contributed by atoms with E-state index in [1.165, 1.54) is 6.92 Å². The van der Waals surface area contributed by atoms with Crippen LogP contribution in [-0.4, -0.2) is 59.5 Å². The number of rotatable bonds is 11. The Kier molecular flexibility index (Phi) is 9.79. The van der Waals surface area contributed by atoms with E-state index in [0.29, 0.717) is 0 Å². The van der Waals surface area contributed by atoms with Gasteiger partial charge in [-0.25, -0.2) is 0 Å². The van der Waals surface area contributed by atoms with Gasteiger partial charge < -0.3 is 18.9 Å². The number of ether oxygens (including phenoxy) is 4. The minimum atomic E-state index is -1.43. The minimum Gasteiger partial charge on any atom is -0.464 e. The first-order chi connectivity index (χ1) is 11.7. The summed E-state index contributed by atoms with van der Waals surface area (Å²) in [5, 5.41) is 0. The van der Waals surface area contributed by atoms with E-state index in [2.05, 4.69) is 36.6 Å².